The van der Waals surface area contributed by atoms with E-state index < -0.39 is 0 Å². The maximum Gasteiger partial charge on any atom is 0.336 e. The Morgan fingerprint density at radius 2 is 0.786 bits per heavy atom. The quantitative estimate of drug-likeness (QED) is 0.108. The van der Waals surface area contributed by atoms with Crippen molar-refractivity contribution >= 4 is 54.2 Å². The molecule has 19 rings (SSSR count). The van der Waals surface area contributed by atoms with Gasteiger partial charge in [0.2, 0.25) is 0 Å². The van der Waals surface area contributed by atoms with Gasteiger partial charge in [-0.05, 0) is 156 Å². The zero-order valence-electron chi connectivity index (χ0n) is 58.0. The summed E-state index contributed by atoms with van der Waals surface area (Å²) in [6, 6.07) is 0. The van der Waals surface area contributed by atoms with Crippen LogP contribution in [0.2, 0.25) is 0 Å². The molecule has 8 bridgehead atoms. The highest BCUT2D eigenvalue weighted by Crippen LogP contribution is 2.60. The third-order valence-corrected chi connectivity index (χ3v) is 23.1. The van der Waals surface area contributed by atoms with Crippen molar-refractivity contribution in [3.05, 3.63) is 147 Å². The number of cyclic esters (lactones) is 8. The smallest absolute Gasteiger partial charge is 0.336 e. The summed E-state index contributed by atoms with van der Waals surface area (Å²) in [4.78, 5) is 97.9. The number of rotatable bonds is 2. The van der Waals surface area contributed by atoms with Crippen LogP contribution in [0.25, 0.3) is 0 Å². The van der Waals surface area contributed by atoms with Gasteiger partial charge in [-0.1, -0.05) is 143 Å². The van der Waals surface area contributed by atoms with Crippen LogP contribution >= 0.6 is 0 Å². The van der Waals surface area contributed by atoms with Crippen LogP contribution in [-0.4, -0.2) is 60.3 Å². The topological polar surface area (TPSA) is 237 Å². The molecule has 0 aromatic rings. The number of fused-ring (bicyclic) bond motifs is 22. The van der Waals surface area contributed by atoms with Gasteiger partial charge >= 0.3 is 47.8 Å². The molecule has 0 aromatic carbocycles. The number of ether oxygens (including phenoxy) is 9. The summed E-state index contributed by atoms with van der Waals surface area (Å²) in [6.45, 7) is 40.2. The van der Waals surface area contributed by atoms with E-state index in [1.54, 1.807) is 0 Å². The van der Waals surface area contributed by atoms with Crippen LogP contribution in [0.15, 0.2) is 147 Å². The van der Waals surface area contributed by atoms with Crippen LogP contribution in [-0.2, 0) is 85.8 Å². The molecule has 7 saturated heterocycles. The van der Waals surface area contributed by atoms with Crippen molar-refractivity contribution in [2.75, 3.05) is 0 Å². The largest absolute Gasteiger partial charge is 0.464 e. The third kappa shape index (κ3) is 16.4. The molecule has 530 valence electrons. The average molecular weight is 1350 g/mol. The third-order valence-electron chi connectivity index (χ3n) is 23.1. The van der Waals surface area contributed by atoms with E-state index in [4.69, 9.17) is 33.2 Å². The summed E-state index contributed by atoms with van der Waals surface area (Å²) in [7, 11) is 0. The van der Waals surface area contributed by atoms with Crippen molar-refractivity contribution in [2.24, 2.45) is 124 Å². The molecule has 15 fully saturated rings. The van der Waals surface area contributed by atoms with Gasteiger partial charge in [-0.25, -0.2) is 4.79 Å². The van der Waals surface area contributed by atoms with Gasteiger partial charge < -0.3 is 42.6 Å². The van der Waals surface area contributed by atoms with Gasteiger partial charge in [0, 0.05) is 48.0 Å². The highest BCUT2D eigenvalue weighted by atomic mass is 16.6. The first-order chi connectivity index (χ1) is 47.1. The maximum absolute atomic E-state index is 11.4. The minimum atomic E-state index is -0.329. The van der Waals surface area contributed by atoms with Gasteiger partial charge in [-0.2, -0.15) is 0 Å². The molecule has 0 aromatic heterocycles. The Hall–Kier alpha value is -7.89. The molecule has 22 atom stereocenters. The van der Waals surface area contributed by atoms with Gasteiger partial charge in [-0.3, -0.25) is 38.4 Å². The second-order valence-electron chi connectivity index (χ2n) is 28.5. The minimum absolute atomic E-state index is 0.00259. The Kier molecular flexibility index (Phi) is 25.3. The number of carbonyl (C=O) groups is 9. The number of hydrogen-bond acceptors (Lipinski definition) is 18. The van der Waals surface area contributed by atoms with Crippen LogP contribution in [0.1, 0.15) is 163 Å². The van der Waals surface area contributed by atoms with Gasteiger partial charge in [0.1, 0.15) is 52.2 Å². The van der Waals surface area contributed by atoms with E-state index in [0.717, 1.165) is 56.5 Å². The normalized spacial score (nSPS) is 38.3. The molecule has 8 saturated carbocycles. The Bertz CT molecular complexity index is 3000. The molecular weight excluding hydrogens is 1250 g/mol. The van der Waals surface area contributed by atoms with Gasteiger partial charge in [-0.15, -0.1) is 0 Å². The van der Waals surface area contributed by atoms with E-state index >= 15 is 0 Å². The predicted molar refractivity (Wildman–Crippen MR) is 363 cm³/mol. The van der Waals surface area contributed by atoms with Crippen LogP contribution in [0.3, 0.4) is 0 Å². The lowest BCUT2D eigenvalue weighted by Crippen LogP contribution is -2.24. The minimum Gasteiger partial charge on any atom is -0.464 e. The summed E-state index contributed by atoms with van der Waals surface area (Å²) in [5, 5.41) is 0. The lowest BCUT2D eigenvalue weighted by atomic mass is 9.80. The molecule has 8 aliphatic heterocycles. The Balaban J connectivity index is 0.000000129. The lowest BCUT2D eigenvalue weighted by molar-refractivity contribution is -0.141. The molecule has 0 amide bonds. The first-order valence-electron chi connectivity index (χ1n) is 36.1. The van der Waals surface area contributed by atoms with E-state index in [2.05, 4.69) is 99.4 Å². The predicted octanol–water partition coefficient (Wildman–Crippen LogP) is 15.2. The first-order valence-corrected chi connectivity index (χ1v) is 36.1. The van der Waals surface area contributed by atoms with Crippen molar-refractivity contribution in [1.29, 1.82) is 0 Å². The molecule has 98 heavy (non-hydrogen) atoms. The SMILES string of the molecule is C=C1C=CC(=O)O1.C=C1CCC(=O)O1.C=C1OC(=O)C2C3C=CC(C3)C12.C=C1OC(=O)C2C3C=CC(C3)C12.C=C1OC(=O)C2C3CCC(C3)C12.C=C1OC(=O)C2C3CCC(C3)C12.C=C1OC(=O)C2CC=CCC12.C=C1OC(=O)C2CCCCC12.CC.CC.CC1CCCCC1OC=O. The number of allylic oxidation sites excluding steroid dienone is 14. The fourth-order valence-corrected chi connectivity index (χ4v) is 18.6. The summed E-state index contributed by atoms with van der Waals surface area (Å²) in [6.07, 6.45) is 37.9. The van der Waals surface area contributed by atoms with Crippen molar-refractivity contribution in [1.82, 2.24) is 0 Å². The molecule has 11 aliphatic carbocycles. The van der Waals surface area contributed by atoms with Crippen molar-refractivity contribution in [3.63, 3.8) is 0 Å². The molecule has 18 heteroatoms. The Morgan fingerprint density at radius 1 is 0.388 bits per heavy atom. The zero-order valence-corrected chi connectivity index (χ0v) is 58.0. The molecule has 0 radical (unpaired) electrons. The van der Waals surface area contributed by atoms with Crippen LogP contribution in [0.5, 0.6) is 0 Å². The van der Waals surface area contributed by atoms with E-state index in [0.29, 0.717) is 137 Å². The summed E-state index contributed by atoms with van der Waals surface area (Å²) in [5.41, 5.74) is 0. The summed E-state index contributed by atoms with van der Waals surface area (Å²) in [5.74, 6) is 12.5. The van der Waals surface area contributed by atoms with Crippen molar-refractivity contribution in [2.45, 2.75) is 169 Å². The standard InChI is InChI=1S/2C10H12O2.2C10H10O2.C9H12O2.C9H10O2.C8H14O2.C5H6O2.C5H4O2.2C2H6/c4*1-5-8-6-2-3-7(4-6)9(8)10(11)12-5;2*1-6-7-4-2-3-5-8(7)9(10)11-6;1-7-4-2-3-5-8(7)10-6-9;2*1-4-2-3-5(6)7-4;2*1-2/h2*6-9H,1-4H2;2*2-3,6-9H,1,4H2;7-8H,1-5H2;2-3,7-8H,1,4-5H2;6-8H,2-5H2,1H3;1-3H2;2-3H,1H2;2*1-2H3. The Morgan fingerprint density at radius 3 is 1.15 bits per heavy atom. The second-order valence-corrected chi connectivity index (χ2v) is 28.5. The molecule has 8 heterocycles. The van der Waals surface area contributed by atoms with Crippen LogP contribution < -0.4 is 0 Å². The average Bonchev–Trinajstić information content (AvgIpc) is 1.61. The zero-order chi connectivity index (χ0) is 70.8. The van der Waals surface area contributed by atoms with Gasteiger partial charge in [0.25, 0.3) is 6.47 Å². The number of hydrogen-bond donors (Lipinski definition) is 0. The highest BCUT2D eigenvalue weighted by molar-refractivity contribution is 5.86. The highest BCUT2D eigenvalue weighted by Gasteiger charge is 2.59. The summed E-state index contributed by atoms with van der Waals surface area (Å²) >= 11 is 0. The van der Waals surface area contributed by atoms with E-state index in [1.807, 2.05) is 33.8 Å². The van der Waals surface area contributed by atoms with Crippen LogP contribution in [0.4, 0.5) is 0 Å². The summed E-state index contributed by atoms with van der Waals surface area (Å²) < 4.78 is 44.0. The molecule has 19 aliphatic rings. The molecule has 0 N–H and O–H groups in total. The molecular formula is C80H102O18. The lowest BCUT2D eigenvalue weighted by Gasteiger charge is -2.26. The fraction of sp³-hybridized carbons (Fsp3) is 0.588. The number of esters is 8. The Labute approximate surface area is 578 Å². The maximum atomic E-state index is 11.4. The monoisotopic (exact) mass is 1350 g/mol. The van der Waals surface area contributed by atoms with Gasteiger partial charge in [0.15, 0.2) is 0 Å². The molecule has 0 spiro atoms. The van der Waals surface area contributed by atoms with Crippen molar-refractivity contribution in [3.8, 4) is 0 Å². The molecule has 18 nitrogen and oxygen atoms in total. The fourth-order valence-electron chi connectivity index (χ4n) is 18.6. The van der Waals surface area contributed by atoms with E-state index in [-0.39, 0.29) is 95.3 Å². The van der Waals surface area contributed by atoms with Crippen LogP contribution in [0, 0.1) is 124 Å². The van der Waals surface area contributed by atoms with E-state index in [9.17, 15) is 43.2 Å². The molecule has 22 unspecified atom stereocenters. The first kappa shape index (κ1) is 74.3. The van der Waals surface area contributed by atoms with E-state index in [1.165, 1.54) is 82.8 Å². The second kappa shape index (κ2) is 33.3. The van der Waals surface area contributed by atoms with Crippen molar-refractivity contribution < 1.29 is 85.8 Å². The number of carbonyl (C=O) groups excluding carboxylic acids is 9. The van der Waals surface area contributed by atoms with Gasteiger partial charge in [0.05, 0.1) is 41.9 Å².